The van der Waals surface area contributed by atoms with Gasteiger partial charge in [0.05, 0.1) is 0 Å². The highest BCUT2D eigenvalue weighted by Crippen LogP contribution is 1.80. The first kappa shape index (κ1) is 9.12. The van der Waals surface area contributed by atoms with Gasteiger partial charge >= 0.3 is 0 Å². The lowest BCUT2D eigenvalue weighted by Crippen LogP contribution is -2.28. The van der Waals surface area contributed by atoms with Crippen LogP contribution in [0.15, 0.2) is 0 Å². The Morgan fingerprint density at radius 3 is 2.20 bits per heavy atom. The van der Waals surface area contributed by atoms with E-state index >= 15 is 0 Å². The summed E-state index contributed by atoms with van der Waals surface area (Å²) in [6.45, 7) is 1.50. The van der Waals surface area contributed by atoms with E-state index in [4.69, 9.17) is 5.21 Å². The van der Waals surface area contributed by atoms with Crippen LogP contribution in [0, 0.1) is 0 Å². The summed E-state index contributed by atoms with van der Waals surface area (Å²) in [5, 5.41) is 7.99. The van der Waals surface area contributed by atoms with Crippen LogP contribution in [0.3, 0.4) is 0 Å². The molecule has 58 valence electrons. The maximum absolute atomic E-state index is 10.4. The Labute approximate surface area is 59.2 Å². The van der Waals surface area contributed by atoms with Gasteiger partial charge in [0.25, 0.3) is 5.91 Å². The van der Waals surface area contributed by atoms with E-state index < -0.39 is 16.2 Å². The van der Waals surface area contributed by atoms with Gasteiger partial charge in [0.2, 0.25) is 10.3 Å². The molecule has 0 aliphatic heterocycles. The van der Waals surface area contributed by atoms with Crippen molar-refractivity contribution < 1.29 is 18.4 Å². The predicted octanol–water partition coefficient (Wildman–Crippen LogP) is -1.05. The number of rotatable bonds is 2. The van der Waals surface area contributed by atoms with Gasteiger partial charge in [-0.3, -0.25) is 10.0 Å². The fourth-order valence-corrected chi connectivity index (χ4v) is 0.849. The molecule has 0 aliphatic rings. The maximum atomic E-state index is 10.4. The summed E-state index contributed by atoms with van der Waals surface area (Å²) >= 11 is 0. The second kappa shape index (κ2) is 4.02. The number of carbonyl (C=O) groups is 1. The minimum absolute atomic E-state index is 0.0719. The Bertz CT molecular complexity index is 244. The third kappa shape index (κ3) is 2.16. The summed E-state index contributed by atoms with van der Waals surface area (Å²) in [6, 6.07) is 0. The van der Waals surface area contributed by atoms with Crippen molar-refractivity contribution in [2.75, 3.05) is 0 Å². The van der Waals surface area contributed by atoms with Crippen molar-refractivity contribution in [1.82, 2.24) is 5.48 Å². The molecule has 6 heteroatoms. The molecule has 0 aromatic rings. The largest absolute Gasteiger partial charge is 0.288 e. The van der Waals surface area contributed by atoms with E-state index in [1.165, 1.54) is 12.4 Å². The molecule has 0 fully saturated rings. The summed E-state index contributed by atoms with van der Waals surface area (Å²) in [7, 11) is -2.54. The predicted molar refractivity (Wildman–Crippen MR) is 34.1 cm³/mol. The van der Waals surface area contributed by atoms with Gasteiger partial charge in [0.1, 0.15) is 4.86 Å². The van der Waals surface area contributed by atoms with E-state index in [0.29, 0.717) is 0 Å². The van der Waals surface area contributed by atoms with Crippen molar-refractivity contribution in [3.63, 3.8) is 0 Å². The molecule has 5 nitrogen and oxygen atoms in total. The monoisotopic (exact) mass is 165 g/mol. The smallest absolute Gasteiger partial charge is 0.286 e. The highest BCUT2D eigenvalue weighted by molar-refractivity contribution is 7.74. The molecule has 0 unspecified atom stereocenters. The SMILES string of the molecule is CCC(C(=O)NO)=S(=O)=O. The average molecular weight is 165 g/mol. The normalized spacial score (nSPS) is 8.60. The molecular weight excluding hydrogens is 158 g/mol. The van der Waals surface area contributed by atoms with Crippen molar-refractivity contribution in [3.8, 4) is 0 Å². The van der Waals surface area contributed by atoms with Crippen LogP contribution in [-0.2, 0) is 15.1 Å². The molecule has 0 saturated heterocycles. The number of nitrogens with one attached hydrogen (secondary N) is 1. The van der Waals surface area contributed by atoms with Crippen molar-refractivity contribution in [1.29, 1.82) is 0 Å². The zero-order valence-corrected chi connectivity index (χ0v) is 6.10. The molecule has 0 saturated carbocycles. The summed E-state index contributed by atoms with van der Waals surface area (Å²) in [5.74, 6) is -0.976. The van der Waals surface area contributed by atoms with Crippen molar-refractivity contribution in [2.45, 2.75) is 13.3 Å². The van der Waals surface area contributed by atoms with Gasteiger partial charge < -0.3 is 0 Å². The van der Waals surface area contributed by atoms with Gasteiger partial charge in [-0.25, -0.2) is 5.48 Å². The van der Waals surface area contributed by atoms with Crippen molar-refractivity contribution in [2.24, 2.45) is 0 Å². The van der Waals surface area contributed by atoms with E-state index in [-0.39, 0.29) is 11.3 Å². The second-order valence-electron chi connectivity index (χ2n) is 1.45. The van der Waals surface area contributed by atoms with Gasteiger partial charge in [0.15, 0.2) is 0 Å². The van der Waals surface area contributed by atoms with E-state index in [1.54, 1.807) is 0 Å². The average Bonchev–Trinajstić information content (AvgIpc) is 1.88. The van der Waals surface area contributed by atoms with Crippen molar-refractivity contribution >= 4 is 21.1 Å². The first-order valence-corrected chi connectivity index (χ1v) is 3.60. The van der Waals surface area contributed by atoms with E-state index in [9.17, 15) is 13.2 Å². The number of hydrogen-bond acceptors (Lipinski definition) is 4. The summed E-state index contributed by atoms with van der Waals surface area (Å²) in [4.78, 5) is 10.0. The molecule has 0 aromatic carbocycles. The molecule has 10 heavy (non-hydrogen) atoms. The molecule has 0 spiro atoms. The Kier molecular flexibility index (Phi) is 3.67. The fourth-order valence-electron chi connectivity index (χ4n) is 0.416. The van der Waals surface area contributed by atoms with Crippen LogP contribution in [0.2, 0.25) is 0 Å². The fraction of sp³-hybridized carbons (Fsp3) is 0.500. The lowest BCUT2D eigenvalue weighted by molar-refractivity contribution is -0.122. The molecule has 0 aliphatic carbocycles. The van der Waals surface area contributed by atoms with Crippen LogP contribution in [0.25, 0.3) is 0 Å². The zero-order valence-electron chi connectivity index (χ0n) is 5.29. The molecule has 0 atom stereocenters. The lowest BCUT2D eigenvalue weighted by Gasteiger charge is -1.92. The van der Waals surface area contributed by atoms with Crippen LogP contribution in [0.4, 0.5) is 0 Å². The molecule has 0 radical (unpaired) electrons. The third-order valence-corrected chi connectivity index (χ3v) is 1.75. The number of carbonyl (C=O) groups excluding carboxylic acids is 1. The maximum Gasteiger partial charge on any atom is 0.286 e. The Hall–Kier alpha value is -0.880. The minimum Gasteiger partial charge on any atom is -0.288 e. The third-order valence-electron chi connectivity index (χ3n) is 0.877. The Morgan fingerprint density at radius 2 is 2.10 bits per heavy atom. The van der Waals surface area contributed by atoms with Crippen LogP contribution in [0.5, 0.6) is 0 Å². The van der Waals surface area contributed by atoms with Gasteiger partial charge in [-0.15, -0.1) is 0 Å². The number of amides is 1. The van der Waals surface area contributed by atoms with Crippen LogP contribution >= 0.6 is 0 Å². The van der Waals surface area contributed by atoms with E-state index in [2.05, 4.69) is 0 Å². The molecule has 1 amide bonds. The van der Waals surface area contributed by atoms with E-state index in [1.807, 2.05) is 0 Å². The number of hydrogen-bond donors (Lipinski definition) is 2. The summed E-state index contributed by atoms with van der Waals surface area (Å²) < 4.78 is 20.2. The van der Waals surface area contributed by atoms with Crippen LogP contribution < -0.4 is 5.48 Å². The minimum atomic E-state index is -2.54. The molecular formula is C4H7NO4S. The zero-order chi connectivity index (χ0) is 8.15. The van der Waals surface area contributed by atoms with Crippen LogP contribution in [0.1, 0.15) is 13.3 Å². The van der Waals surface area contributed by atoms with Crippen LogP contribution in [-0.4, -0.2) is 24.4 Å². The van der Waals surface area contributed by atoms with Gasteiger partial charge in [-0.1, -0.05) is 6.92 Å². The molecule has 0 rings (SSSR count). The molecule has 0 bridgehead atoms. The van der Waals surface area contributed by atoms with Gasteiger partial charge in [-0.2, -0.15) is 8.42 Å². The quantitative estimate of drug-likeness (QED) is 0.311. The van der Waals surface area contributed by atoms with Gasteiger partial charge in [0, 0.05) is 0 Å². The Morgan fingerprint density at radius 1 is 1.60 bits per heavy atom. The molecule has 0 aromatic heterocycles. The molecule has 2 N–H and O–H groups in total. The standard InChI is InChI=1S/C4H7NO4S/c1-2-3(10(8)9)4(6)5-7/h7H,2H2,1H3,(H,5,6). The topological polar surface area (TPSA) is 83.5 Å². The highest BCUT2D eigenvalue weighted by atomic mass is 32.2. The van der Waals surface area contributed by atoms with Gasteiger partial charge in [-0.05, 0) is 6.42 Å². The first-order chi connectivity index (χ1) is 4.63. The highest BCUT2D eigenvalue weighted by Gasteiger charge is 2.08. The second-order valence-corrected chi connectivity index (χ2v) is 2.41. The first-order valence-electron chi connectivity index (χ1n) is 2.53. The number of hydroxylamine groups is 1. The summed E-state index contributed by atoms with van der Waals surface area (Å²) in [5.41, 5.74) is 1.23. The summed E-state index contributed by atoms with van der Waals surface area (Å²) in [6.07, 6.45) is 0.0719. The van der Waals surface area contributed by atoms with Crippen molar-refractivity contribution in [3.05, 3.63) is 0 Å². The van der Waals surface area contributed by atoms with E-state index in [0.717, 1.165) is 0 Å². The lowest BCUT2D eigenvalue weighted by atomic mass is 10.3. The molecule has 0 heterocycles. The Balaban J connectivity index is 4.73.